The molecule has 1 rings (SSSR count). The molecule has 0 spiro atoms. The van der Waals surface area contributed by atoms with Crippen LogP contribution >= 0.6 is 0 Å². The zero-order valence-corrected chi connectivity index (χ0v) is 12.9. The summed E-state index contributed by atoms with van der Waals surface area (Å²) in [7, 11) is 4.44. The van der Waals surface area contributed by atoms with Crippen LogP contribution in [0.3, 0.4) is 0 Å². The molecule has 1 saturated heterocycles. The number of rotatable bonds is 8. The summed E-state index contributed by atoms with van der Waals surface area (Å²) in [5.74, 6) is -0.0511. The predicted octanol–water partition coefficient (Wildman–Crippen LogP) is 2.14. The summed E-state index contributed by atoms with van der Waals surface area (Å²) in [6, 6.07) is 0.712. The molecule has 4 heteroatoms. The van der Waals surface area contributed by atoms with Gasteiger partial charge in [0.1, 0.15) is 0 Å². The normalized spacial score (nSPS) is 20.7. The molecule has 1 fully saturated rings. The lowest BCUT2D eigenvalue weighted by Crippen LogP contribution is -2.45. The first-order valence-electron chi connectivity index (χ1n) is 7.68. The van der Waals surface area contributed by atoms with Crippen molar-refractivity contribution in [2.75, 3.05) is 40.3 Å². The number of hydrogen-bond donors (Lipinski definition) is 0. The van der Waals surface area contributed by atoms with Gasteiger partial charge >= 0.3 is 5.97 Å². The predicted molar refractivity (Wildman–Crippen MR) is 78.3 cm³/mol. The molecule has 1 aliphatic rings. The van der Waals surface area contributed by atoms with E-state index in [2.05, 4.69) is 23.9 Å². The largest absolute Gasteiger partial charge is 0.466 e. The van der Waals surface area contributed by atoms with Crippen molar-refractivity contribution in [2.24, 2.45) is 0 Å². The van der Waals surface area contributed by atoms with Gasteiger partial charge in [-0.05, 0) is 59.8 Å². The highest BCUT2D eigenvalue weighted by atomic mass is 16.5. The van der Waals surface area contributed by atoms with Crippen molar-refractivity contribution in [1.29, 1.82) is 0 Å². The first-order valence-corrected chi connectivity index (χ1v) is 7.68. The Morgan fingerprint density at radius 2 is 2.16 bits per heavy atom. The van der Waals surface area contributed by atoms with Crippen molar-refractivity contribution in [3.63, 3.8) is 0 Å². The van der Waals surface area contributed by atoms with E-state index >= 15 is 0 Å². The van der Waals surface area contributed by atoms with E-state index in [1.807, 2.05) is 6.92 Å². The summed E-state index contributed by atoms with van der Waals surface area (Å²) in [5.41, 5.74) is 0. The highest BCUT2D eigenvalue weighted by Gasteiger charge is 2.20. The van der Waals surface area contributed by atoms with Gasteiger partial charge in [-0.25, -0.2) is 0 Å². The number of esters is 1. The number of carbonyl (C=O) groups is 1. The van der Waals surface area contributed by atoms with Crippen molar-refractivity contribution in [3.8, 4) is 0 Å². The van der Waals surface area contributed by atoms with E-state index in [-0.39, 0.29) is 5.97 Å². The number of likely N-dealkylation sites (N-methyl/N-ethyl adjacent to an activating group) is 2. The smallest absolute Gasteiger partial charge is 0.305 e. The first kappa shape index (κ1) is 16.4. The van der Waals surface area contributed by atoms with Crippen molar-refractivity contribution in [3.05, 3.63) is 0 Å². The quantitative estimate of drug-likeness (QED) is 0.500. The van der Waals surface area contributed by atoms with Crippen LogP contribution in [-0.2, 0) is 9.53 Å². The Morgan fingerprint density at radius 1 is 1.37 bits per heavy atom. The molecule has 19 heavy (non-hydrogen) atoms. The minimum atomic E-state index is -0.0511. The Bertz CT molecular complexity index is 259. The number of unbranched alkanes of at least 4 members (excludes halogenated alkanes) is 2. The second-order valence-corrected chi connectivity index (χ2v) is 5.65. The fourth-order valence-corrected chi connectivity index (χ4v) is 2.72. The lowest BCUT2D eigenvalue weighted by atomic mass is 10.0. The maximum atomic E-state index is 11.2. The van der Waals surface area contributed by atoms with Gasteiger partial charge in [0.15, 0.2) is 0 Å². The molecule has 0 N–H and O–H groups in total. The van der Waals surface area contributed by atoms with Crippen molar-refractivity contribution < 1.29 is 9.53 Å². The first-order chi connectivity index (χ1) is 9.13. The summed E-state index contributed by atoms with van der Waals surface area (Å²) in [6.07, 6.45) is 6.46. The highest BCUT2D eigenvalue weighted by Crippen LogP contribution is 2.14. The van der Waals surface area contributed by atoms with Gasteiger partial charge in [-0.15, -0.1) is 0 Å². The molecule has 1 unspecified atom stereocenters. The van der Waals surface area contributed by atoms with Gasteiger partial charge in [-0.3, -0.25) is 4.79 Å². The molecule has 0 aromatic rings. The molecule has 0 saturated carbocycles. The molecule has 0 aromatic carbocycles. The standard InChI is InChI=1S/C15H30N2O2/c1-4-19-15(18)10-6-5-7-12-17(3)14-9-8-11-16(2)13-14/h14H,4-13H2,1-3H3. The van der Waals surface area contributed by atoms with Crippen LogP contribution in [0.25, 0.3) is 0 Å². The average Bonchev–Trinajstić information content (AvgIpc) is 2.38. The molecule has 1 aliphatic heterocycles. The lowest BCUT2D eigenvalue weighted by Gasteiger charge is -2.35. The molecule has 0 bridgehead atoms. The minimum Gasteiger partial charge on any atom is -0.466 e. The maximum Gasteiger partial charge on any atom is 0.305 e. The van der Waals surface area contributed by atoms with Crippen LogP contribution in [0.2, 0.25) is 0 Å². The molecule has 0 aliphatic carbocycles. The summed E-state index contributed by atoms with van der Waals surface area (Å²) < 4.78 is 4.92. The zero-order chi connectivity index (χ0) is 14.1. The van der Waals surface area contributed by atoms with Crippen LogP contribution in [0.5, 0.6) is 0 Å². The van der Waals surface area contributed by atoms with Crippen LogP contribution in [0, 0.1) is 0 Å². The van der Waals surface area contributed by atoms with E-state index in [0.29, 0.717) is 19.1 Å². The van der Waals surface area contributed by atoms with E-state index < -0.39 is 0 Å². The number of nitrogens with zero attached hydrogens (tertiary/aromatic N) is 2. The second-order valence-electron chi connectivity index (χ2n) is 5.65. The van der Waals surface area contributed by atoms with Gasteiger partial charge in [-0.1, -0.05) is 6.42 Å². The van der Waals surface area contributed by atoms with Crippen LogP contribution < -0.4 is 0 Å². The lowest BCUT2D eigenvalue weighted by molar-refractivity contribution is -0.143. The Hall–Kier alpha value is -0.610. The third-order valence-corrected chi connectivity index (χ3v) is 3.92. The third-order valence-electron chi connectivity index (χ3n) is 3.92. The van der Waals surface area contributed by atoms with Gasteiger partial charge in [0.25, 0.3) is 0 Å². The maximum absolute atomic E-state index is 11.2. The van der Waals surface area contributed by atoms with Crippen LogP contribution in [-0.4, -0.2) is 62.1 Å². The molecule has 112 valence electrons. The fourth-order valence-electron chi connectivity index (χ4n) is 2.72. The van der Waals surface area contributed by atoms with E-state index in [4.69, 9.17) is 4.74 Å². The average molecular weight is 270 g/mol. The molecular weight excluding hydrogens is 240 g/mol. The fraction of sp³-hybridized carbons (Fsp3) is 0.933. The SMILES string of the molecule is CCOC(=O)CCCCCN(C)C1CCCN(C)C1. The van der Waals surface area contributed by atoms with Crippen LogP contribution in [0.15, 0.2) is 0 Å². The summed E-state index contributed by atoms with van der Waals surface area (Å²) >= 11 is 0. The molecule has 0 aromatic heterocycles. The number of piperidine rings is 1. The third kappa shape index (κ3) is 6.92. The number of carbonyl (C=O) groups excluding carboxylic acids is 1. The van der Waals surface area contributed by atoms with E-state index in [9.17, 15) is 4.79 Å². The number of ether oxygens (including phenoxy) is 1. The van der Waals surface area contributed by atoms with Gasteiger partial charge in [-0.2, -0.15) is 0 Å². The monoisotopic (exact) mass is 270 g/mol. The number of hydrogen-bond acceptors (Lipinski definition) is 4. The summed E-state index contributed by atoms with van der Waals surface area (Å²) in [6.45, 7) is 5.93. The summed E-state index contributed by atoms with van der Waals surface area (Å²) in [5, 5.41) is 0. The second kappa shape index (κ2) is 9.32. The number of likely N-dealkylation sites (tertiary alicyclic amines) is 1. The Labute approximate surface area is 118 Å². The zero-order valence-electron chi connectivity index (χ0n) is 12.9. The Kier molecular flexibility index (Phi) is 8.07. The van der Waals surface area contributed by atoms with E-state index in [1.54, 1.807) is 0 Å². The van der Waals surface area contributed by atoms with Crippen LogP contribution in [0.4, 0.5) is 0 Å². The Morgan fingerprint density at radius 3 is 2.84 bits per heavy atom. The highest BCUT2D eigenvalue weighted by molar-refractivity contribution is 5.69. The van der Waals surface area contributed by atoms with Gasteiger partial charge in [0.2, 0.25) is 0 Å². The topological polar surface area (TPSA) is 32.8 Å². The van der Waals surface area contributed by atoms with Crippen molar-refractivity contribution in [2.45, 2.75) is 51.5 Å². The van der Waals surface area contributed by atoms with E-state index in [0.717, 1.165) is 19.4 Å². The van der Waals surface area contributed by atoms with Gasteiger partial charge in [0.05, 0.1) is 6.61 Å². The molecule has 0 radical (unpaired) electrons. The molecule has 4 nitrogen and oxygen atoms in total. The molecule has 1 atom stereocenters. The van der Waals surface area contributed by atoms with Crippen molar-refractivity contribution in [1.82, 2.24) is 9.80 Å². The molecule has 0 amide bonds. The van der Waals surface area contributed by atoms with Crippen LogP contribution in [0.1, 0.15) is 45.4 Å². The van der Waals surface area contributed by atoms with E-state index in [1.165, 1.54) is 32.4 Å². The minimum absolute atomic E-state index is 0.0511. The van der Waals surface area contributed by atoms with Gasteiger partial charge in [0, 0.05) is 19.0 Å². The molecular formula is C15H30N2O2. The Balaban J connectivity index is 2.03. The molecule has 1 heterocycles. The van der Waals surface area contributed by atoms with Gasteiger partial charge < -0.3 is 14.5 Å². The summed E-state index contributed by atoms with van der Waals surface area (Å²) in [4.78, 5) is 16.1. The van der Waals surface area contributed by atoms with Crippen molar-refractivity contribution >= 4 is 5.97 Å².